The maximum absolute atomic E-state index is 12.6. The number of hydrogen-bond donors (Lipinski definition) is 2. The van der Waals surface area contributed by atoms with Crippen molar-refractivity contribution >= 4 is 23.2 Å². The quantitative estimate of drug-likeness (QED) is 0.819. The molecule has 2 N–H and O–H groups in total. The van der Waals surface area contributed by atoms with Gasteiger partial charge in [-0.05, 0) is 26.8 Å². The van der Waals surface area contributed by atoms with E-state index in [4.69, 9.17) is 0 Å². The zero-order valence-corrected chi connectivity index (χ0v) is 16.9. The molecule has 7 nitrogen and oxygen atoms in total. The van der Waals surface area contributed by atoms with Gasteiger partial charge in [-0.25, -0.2) is 4.98 Å². The molecule has 0 aromatic carbocycles. The van der Waals surface area contributed by atoms with Gasteiger partial charge in [0.05, 0.1) is 11.4 Å². The Morgan fingerprint density at radius 2 is 1.62 bits per heavy atom. The number of aromatic nitrogens is 3. The third-order valence-corrected chi connectivity index (χ3v) is 3.76. The van der Waals surface area contributed by atoms with Gasteiger partial charge < -0.3 is 19.8 Å². The van der Waals surface area contributed by atoms with E-state index in [9.17, 15) is 9.59 Å². The van der Waals surface area contributed by atoms with Crippen molar-refractivity contribution in [2.24, 2.45) is 19.5 Å². The first-order valence-electron chi connectivity index (χ1n) is 8.62. The lowest BCUT2D eigenvalue weighted by atomic mass is 9.89. The van der Waals surface area contributed by atoms with Crippen LogP contribution in [0.1, 0.15) is 62.6 Å². The Morgan fingerprint density at radius 1 is 1.00 bits per heavy atom. The van der Waals surface area contributed by atoms with Crippen LogP contribution in [0.5, 0.6) is 0 Å². The van der Waals surface area contributed by atoms with Gasteiger partial charge in [-0.3, -0.25) is 9.59 Å². The van der Waals surface area contributed by atoms with Crippen molar-refractivity contribution in [3.8, 4) is 0 Å². The van der Waals surface area contributed by atoms with Crippen LogP contribution in [-0.4, -0.2) is 31.3 Å². The molecule has 26 heavy (non-hydrogen) atoms. The van der Waals surface area contributed by atoms with Crippen LogP contribution in [-0.2, 0) is 14.1 Å². The van der Waals surface area contributed by atoms with Crippen molar-refractivity contribution in [2.45, 2.75) is 47.1 Å². The van der Waals surface area contributed by atoms with Crippen LogP contribution in [0, 0.1) is 5.41 Å². The molecular formula is C19H29N5O2. The summed E-state index contributed by atoms with van der Waals surface area (Å²) >= 11 is 0. The summed E-state index contributed by atoms with van der Waals surface area (Å²) in [6.45, 7) is 11.7. The molecule has 0 unspecified atom stereocenters. The summed E-state index contributed by atoms with van der Waals surface area (Å²) in [5.41, 5.74) is 0.491. The monoisotopic (exact) mass is 359 g/mol. The third kappa shape index (κ3) is 4.53. The van der Waals surface area contributed by atoms with Crippen LogP contribution in [0.15, 0.2) is 18.5 Å². The molecule has 7 heteroatoms. The average molecular weight is 359 g/mol. The molecule has 0 saturated carbocycles. The number of carbonyl (C=O) groups excluding carboxylic acids is 2. The Balaban J connectivity index is 2.20. The van der Waals surface area contributed by atoms with Gasteiger partial charge in [0, 0.05) is 37.4 Å². The van der Waals surface area contributed by atoms with Gasteiger partial charge in [0.2, 0.25) is 5.82 Å². The molecule has 0 saturated heterocycles. The molecule has 0 aliphatic rings. The largest absolute Gasteiger partial charge is 0.364 e. The molecule has 2 aromatic heterocycles. The van der Waals surface area contributed by atoms with Crippen molar-refractivity contribution in [3.05, 3.63) is 30.0 Å². The second-order valence-electron chi connectivity index (χ2n) is 8.69. The molecule has 0 aliphatic carbocycles. The van der Waals surface area contributed by atoms with Crippen LogP contribution in [0.3, 0.4) is 0 Å². The fraction of sp³-hybridized carbons (Fsp3) is 0.526. The van der Waals surface area contributed by atoms with Crippen molar-refractivity contribution < 1.29 is 9.59 Å². The van der Waals surface area contributed by atoms with E-state index < -0.39 is 5.41 Å². The first kappa shape index (κ1) is 19.8. The standard InChI is InChI=1S/C19H29N5O2/c1-18(2,3)15(25)13-9-12(10-23(13)7)20-17(26)16-21-14(11-24(16)8)22-19(4,5)6/h9-11,22H,1-8H3,(H,20,26). The number of nitrogens with zero attached hydrogens (tertiary/aromatic N) is 3. The number of anilines is 2. The summed E-state index contributed by atoms with van der Waals surface area (Å²) in [7, 11) is 3.57. The molecule has 0 atom stereocenters. The van der Waals surface area contributed by atoms with E-state index in [2.05, 4.69) is 15.6 Å². The molecule has 1 amide bonds. The predicted molar refractivity (Wildman–Crippen MR) is 104 cm³/mol. The molecule has 142 valence electrons. The fourth-order valence-corrected chi connectivity index (χ4v) is 2.55. The Labute approximate surface area is 154 Å². The molecule has 2 heterocycles. The maximum Gasteiger partial charge on any atom is 0.291 e. The number of Topliss-reactive ketones (excluding diaryl/α,β-unsaturated/α-hetero) is 1. The molecule has 0 fully saturated rings. The van der Waals surface area contributed by atoms with Crippen LogP contribution in [0.4, 0.5) is 11.5 Å². The predicted octanol–water partition coefficient (Wildman–Crippen LogP) is 3.45. The summed E-state index contributed by atoms with van der Waals surface area (Å²) < 4.78 is 3.40. The van der Waals surface area contributed by atoms with Gasteiger partial charge in [0.1, 0.15) is 5.82 Å². The normalized spacial score (nSPS) is 12.2. The summed E-state index contributed by atoms with van der Waals surface area (Å²) in [5, 5.41) is 6.06. The van der Waals surface area contributed by atoms with Crippen molar-refractivity contribution in [3.63, 3.8) is 0 Å². The molecule has 0 radical (unpaired) electrons. The van der Waals surface area contributed by atoms with Crippen LogP contribution in [0.2, 0.25) is 0 Å². The van der Waals surface area contributed by atoms with E-state index in [0.717, 1.165) is 0 Å². The highest BCUT2D eigenvalue weighted by Crippen LogP contribution is 2.24. The highest BCUT2D eigenvalue weighted by Gasteiger charge is 2.26. The van der Waals surface area contributed by atoms with Crippen LogP contribution in [0.25, 0.3) is 0 Å². The fourth-order valence-electron chi connectivity index (χ4n) is 2.55. The van der Waals surface area contributed by atoms with E-state index in [1.807, 2.05) is 41.5 Å². The lowest BCUT2D eigenvalue weighted by Gasteiger charge is -2.19. The van der Waals surface area contributed by atoms with Crippen molar-refractivity contribution in [1.82, 2.24) is 14.1 Å². The number of carbonyl (C=O) groups is 2. The smallest absolute Gasteiger partial charge is 0.291 e. The molecule has 0 spiro atoms. The van der Waals surface area contributed by atoms with Gasteiger partial charge >= 0.3 is 0 Å². The van der Waals surface area contributed by atoms with E-state index in [1.54, 1.807) is 41.7 Å². The molecule has 0 aliphatic heterocycles. The summed E-state index contributed by atoms with van der Waals surface area (Å²) in [6.07, 6.45) is 3.51. The minimum absolute atomic E-state index is 0.0224. The van der Waals surface area contributed by atoms with Gasteiger partial charge in [-0.15, -0.1) is 0 Å². The Hall–Kier alpha value is -2.57. The topological polar surface area (TPSA) is 81.0 Å². The highest BCUT2D eigenvalue weighted by molar-refractivity contribution is 6.04. The summed E-state index contributed by atoms with van der Waals surface area (Å²) in [4.78, 5) is 29.4. The summed E-state index contributed by atoms with van der Waals surface area (Å²) in [6, 6.07) is 1.70. The molecule has 2 aromatic rings. The van der Waals surface area contributed by atoms with Crippen molar-refractivity contribution in [2.75, 3.05) is 10.6 Å². The second kappa shape index (κ2) is 6.63. The number of rotatable bonds is 4. The van der Waals surface area contributed by atoms with Gasteiger partial charge in [-0.2, -0.15) is 0 Å². The van der Waals surface area contributed by atoms with E-state index in [-0.39, 0.29) is 17.2 Å². The van der Waals surface area contributed by atoms with Crippen molar-refractivity contribution in [1.29, 1.82) is 0 Å². The van der Waals surface area contributed by atoms with Gasteiger partial charge in [0.15, 0.2) is 5.78 Å². The Morgan fingerprint density at radius 3 is 2.15 bits per heavy atom. The molecular weight excluding hydrogens is 330 g/mol. The van der Waals surface area contributed by atoms with Gasteiger partial charge in [-0.1, -0.05) is 20.8 Å². The SMILES string of the molecule is Cn1cc(NC(=O)c2nc(NC(C)(C)C)cn2C)cc1C(=O)C(C)(C)C. The van der Waals surface area contributed by atoms with E-state index in [0.29, 0.717) is 23.0 Å². The number of aryl methyl sites for hydroxylation is 2. The zero-order valence-electron chi connectivity index (χ0n) is 16.9. The number of hydrogen-bond acceptors (Lipinski definition) is 4. The number of imidazole rings is 1. The number of amides is 1. The molecule has 2 rings (SSSR count). The highest BCUT2D eigenvalue weighted by atomic mass is 16.2. The second-order valence-corrected chi connectivity index (χ2v) is 8.69. The van der Waals surface area contributed by atoms with E-state index in [1.165, 1.54) is 0 Å². The van der Waals surface area contributed by atoms with E-state index >= 15 is 0 Å². The van der Waals surface area contributed by atoms with Gasteiger partial charge in [0.25, 0.3) is 5.91 Å². The lowest BCUT2D eigenvalue weighted by molar-refractivity contribution is 0.0849. The Bertz CT molecular complexity index is 831. The molecule has 0 bridgehead atoms. The average Bonchev–Trinajstić information content (AvgIpc) is 2.98. The first-order chi connectivity index (χ1) is 11.8. The number of ketones is 1. The zero-order chi connectivity index (χ0) is 19.9. The minimum atomic E-state index is -0.486. The lowest BCUT2D eigenvalue weighted by Crippen LogP contribution is -2.26. The Kier molecular flexibility index (Phi) is 5.03. The number of nitrogens with one attached hydrogen (secondary N) is 2. The first-order valence-corrected chi connectivity index (χ1v) is 8.62. The maximum atomic E-state index is 12.6. The minimum Gasteiger partial charge on any atom is -0.364 e. The summed E-state index contributed by atoms with van der Waals surface area (Å²) in [5.74, 6) is 0.634. The van der Waals surface area contributed by atoms with Crippen LogP contribution < -0.4 is 10.6 Å². The van der Waals surface area contributed by atoms with Crippen LogP contribution >= 0.6 is 0 Å². The third-order valence-electron chi connectivity index (χ3n) is 3.76.